The molecule has 0 radical (unpaired) electrons. The summed E-state index contributed by atoms with van der Waals surface area (Å²) >= 11 is 7.54. The second-order valence-electron chi connectivity index (χ2n) is 1.66. The van der Waals surface area contributed by atoms with Crippen molar-refractivity contribution in [1.29, 1.82) is 0 Å². The molecule has 0 aliphatic heterocycles. The molecule has 0 aromatic heterocycles. The van der Waals surface area contributed by atoms with Crippen molar-refractivity contribution in [2.75, 3.05) is 12.4 Å². The summed E-state index contributed by atoms with van der Waals surface area (Å²) in [5.74, 6) is -0.815. The molecule has 1 unspecified atom stereocenters. The van der Waals surface area contributed by atoms with E-state index in [1.54, 1.807) is 0 Å². The quantitative estimate of drug-likeness (QED) is 0.223. The number of carboxylic acids is 1. The largest absolute Gasteiger partial charge is 1.00 e. The number of aliphatic hydroxyl groups is 1. The summed E-state index contributed by atoms with van der Waals surface area (Å²) in [7, 11) is 0. The molecule has 0 aromatic rings. The van der Waals surface area contributed by atoms with E-state index in [4.69, 9.17) is 15.9 Å². The molecular weight excluding hydrogens is 225 g/mol. The minimum atomic E-state index is -1.00. The van der Waals surface area contributed by atoms with Crippen LogP contribution in [0.1, 0.15) is 0 Å². The standard InChI is InChI=1S/C3H7NO2S.C2H4O2S.Na/c4-2(1-7)3(5)6;3-1-2(4)5;/h2,7H,1,4H2,(H,5,6);3H,1H2,(H,4,5);/q;;+1/p-1. The fourth-order valence-corrected chi connectivity index (χ4v) is 0.234. The van der Waals surface area contributed by atoms with Crippen LogP contribution in [0.3, 0.4) is 0 Å². The van der Waals surface area contributed by atoms with Gasteiger partial charge in [0.1, 0.15) is 6.04 Å². The number of carbonyl (C=O) groups is 2. The zero-order valence-corrected chi connectivity index (χ0v) is 10.8. The molecule has 8 heteroatoms. The van der Waals surface area contributed by atoms with Crippen LogP contribution in [0.5, 0.6) is 0 Å². The van der Waals surface area contributed by atoms with Gasteiger partial charge >= 0.3 is 35.5 Å². The van der Waals surface area contributed by atoms with E-state index in [0.717, 1.165) is 0 Å². The Balaban J connectivity index is -0.000000150. The molecule has 13 heavy (non-hydrogen) atoms. The summed E-state index contributed by atoms with van der Waals surface area (Å²) in [5, 5.41) is 15.1. The SMILES string of the molecule is NC(CS)C(=O)O.O=C([S-])CO.[Na+]. The summed E-state index contributed by atoms with van der Waals surface area (Å²) in [5.41, 5.74) is 4.94. The van der Waals surface area contributed by atoms with Crippen LogP contribution >= 0.6 is 12.6 Å². The van der Waals surface area contributed by atoms with Crippen LogP contribution in [0.2, 0.25) is 0 Å². The molecule has 0 saturated carbocycles. The third kappa shape index (κ3) is 19.2. The number of hydrogen-bond donors (Lipinski definition) is 4. The third-order valence-electron chi connectivity index (χ3n) is 0.643. The summed E-state index contributed by atoms with van der Waals surface area (Å²) in [4.78, 5) is 19.1. The fourth-order valence-electron chi connectivity index (χ4n) is 0.0781. The molecule has 0 heterocycles. The topological polar surface area (TPSA) is 101 Å². The Bertz CT molecular complexity index is 157. The molecular formula is C5H10NNaO4S2. The maximum atomic E-state index is 9.76. The number of carbonyl (C=O) groups excluding carboxylic acids is 1. The minimum Gasteiger partial charge on any atom is -0.740 e. The van der Waals surface area contributed by atoms with E-state index in [9.17, 15) is 9.59 Å². The Morgan fingerprint density at radius 2 is 1.85 bits per heavy atom. The predicted molar refractivity (Wildman–Crippen MR) is 48.9 cm³/mol. The molecule has 0 aliphatic rings. The molecule has 0 aliphatic carbocycles. The zero-order chi connectivity index (χ0) is 10.1. The first kappa shape index (κ1) is 19.2. The van der Waals surface area contributed by atoms with E-state index in [-0.39, 0.29) is 35.3 Å². The molecule has 0 rings (SSSR count). The van der Waals surface area contributed by atoms with Gasteiger partial charge in [-0.05, 0) is 0 Å². The van der Waals surface area contributed by atoms with E-state index < -0.39 is 23.7 Å². The maximum Gasteiger partial charge on any atom is 1.00 e. The van der Waals surface area contributed by atoms with Crippen LogP contribution in [-0.4, -0.2) is 39.7 Å². The monoisotopic (exact) mass is 235 g/mol. The molecule has 1 atom stereocenters. The Morgan fingerprint density at radius 3 is 1.85 bits per heavy atom. The fraction of sp³-hybridized carbons (Fsp3) is 0.600. The van der Waals surface area contributed by atoms with Gasteiger partial charge in [0.2, 0.25) is 0 Å². The normalized spacial score (nSPS) is 10.1. The summed E-state index contributed by atoms with van der Waals surface area (Å²) in [6, 6.07) is -0.816. The molecule has 0 amide bonds. The Hall–Kier alpha value is 0.630. The number of hydrogen-bond acceptors (Lipinski definition) is 6. The second kappa shape index (κ2) is 12.6. The van der Waals surface area contributed by atoms with Crippen molar-refractivity contribution in [3.05, 3.63) is 0 Å². The van der Waals surface area contributed by atoms with Crippen molar-refractivity contribution in [2.24, 2.45) is 5.73 Å². The smallest absolute Gasteiger partial charge is 0.740 e. The number of aliphatic hydroxyl groups excluding tert-OH is 1. The van der Waals surface area contributed by atoms with Crippen molar-refractivity contribution in [3.63, 3.8) is 0 Å². The van der Waals surface area contributed by atoms with Crippen molar-refractivity contribution in [2.45, 2.75) is 6.04 Å². The van der Waals surface area contributed by atoms with Crippen LogP contribution in [0.15, 0.2) is 0 Å². The first-order valence-corrected chi connectivity index (χ1v) is 3.89. The van der Waals surface area contributed by atoms with Crippen LogP contribution in [-0.2, 0) is 22.2 Å². The molecule has 4 N–H and O–H groups in total. The van der Waals surface area contributed by atoms with Gasteiger partial charge in [-0.2, -0.15) is 12.6 Å². The Labute approximate surface area is 109 Å². The van der Waals surface area contributed by atoms with Gasteiger partial charge < -0.3 is 33.4 Å². The number of rotatable bonds is 3. The number of aliphatic carboxylic acids is 1. The van der Waals surface area contributed by atoms with Gasteiger partial charge in [0.25, 0.3) is 0 Å². The molecule has 72 valence electrons. The van der Waals surface area contributed by atoms with Crippen LogP contribution in [0.4, 0.5) is 0 Å². The van der Waals surface area contributed by atoms with E-state index in [2.05, 4.69) is 25.3 Å². The van der Waals surface area contributed by atoms with Gasteiger partial charge in [0.05, 0.1) is 6.61 Å². The first-order valence-electron chi connectivity index (χ1n) is 2.85. The average Bonchev–Trinajstić information content (AvgIpc) is 2.04. The first-order chi connectivity index (χ1) is 5.45. The zero-order valence-electron chi connectivity index (χ0n) is 7.14. The van der Waals surface area contributed by atoms with Crippen LogP contribution in [0, 0.1) is 0 Å². The summed E-state index contributed by atoms with van der Waals surface area (Å²) in [6.07, 6.45) is 0. The Kier molecular flexibility index (Phi) is 18.7. The minimum absolute atomic E-state index is 0. The van der Waals surface area contributed by atoms with E-state index in [0.29, 0.717) is 0 Å². The van der Waals surface area contributed by atoms with Crippen molar-refractivity contribution >= 4 is 36.3 Å². The van der Waals surface area contributed by atoms with E-state index in [1.807, 2.05) is 0 Å². The van der Waals surface area contributed by atoms with Gasteiger partial charge in [0.15, 0.2) is 0 Å². The van der Waals surface area contributed by atoms with Gasteiger partial charge in [0, 0.05) is 10.9 Å². The third-order valence-corrected chi connectivity index (χ3v) is 1.17. The molecule has 0 saturated heterocycles. The number of nitrogens with two attached hydrogens (primary N) is 1. The van der Waals surface area contributed by atoms with Crippen molar-refractivity contribution in [3.8, 4) is 0 Å². The number of thiol groups is 1. The molecule has 0 bridgehead atoms. The summed E-state index contributed by atoms with van der Waals surface area (Å²) < 4.78 is 0. The van der Waals surface area contributed by atoms with Gasteiger partial charge in [-0.3, -0.25) is 4.79 Å². The van der Waals surface area contributed by atoms with Gasteiger partial charge in [-0.15, -0.1) is 0 Å². The van der Waals surface area contributed by atoms with E-state index in [1.165, 1.54) is 0 Å². The van der Waals surface area contributed by atoms with Crippen LogP contribution < -0.4 is 35.3 Å². The molecule has 0 aromatic carbocycles. The second-order valence-corrected chi connectivity index (χ2v) is 2.48. The summed E-state index contributed by atoms with van der Waals surface area (Å²) in [6.45, 7) is -0.519. The number of carboxylic acid groups (broad SMARTS) is 1. The average molecular weight is 235 g/mol. The predicted octanol–water partition coefficient (Wildman–Crippen LogP) is -4.62. The molecule has 0 fully saturated rings. The van der Waals surface area contributed by atoms with Crippen LogP contribution in [0.25, 0.3) is 0 Å². The van der Waals surface area contributed by atoms with Gasteiger partial charge in [-0.25, -0.2) is 0 Å². The molecule has 5 nitrogen and oxygen atoms in total. The van der Waals surface area contributed by atoms with Crippen molar-refractivity contribution < 1.29 is 49.4 Å². The van der Waals surface area contributed by atoms with E-state index >= 15 is 0 Å². The van der Waals surface area contributed by atoms with Crippen molar-refractivity contribution in [1.82, 2.24) is 0 Å². The van der Waals surface area contributed by atoms with Gasteiger partial charge in [-0.1, -0.05) is 0 Å². The maximum absolute atomic E-state index is 9.76. The molecule has 0 spiro atoms. The Morgan fingerprint density at radius 1 is 1.54 bits per heavy atom.